The molecule has 2 rings (SSSR count). The van der Waals surface area contributed by atoms with E-state index in [1.54, 1.807) is 7.11 Å². The number of ether oxygens (including phenoxy) is 3. The third kappa shape index (κ3) is 3.29. The number of anilines is 1. The Hall–Kier alpha value is -1.42. The highest BCUT2D eigenvalue weighted by Crippen LogP contribution is 2.30. The summed E-state index contributed by atoms with van der Waals surface area (Å²) in [4.78, 5) is 0. The van der Waals surface area contributed by atoms with Crippen LogP contribution >= 0.6 is 0 Å². The Bertz CT molecular complexity index is 375. The van der Waals surface area contributed by atoms with Gasteiger partial charge in [0.15, 0.2) is 11.5 Å². The van der Waals surface area contributed by atoms with E-state index in [0.29, 0.717) is 12.6 Å². The van der Waals surface area contributed by atoms with Gasteiger partial charge in [-0.2, -0.15) is 0 Å². The molecule has 1 aromatic rings. The molecule has 0 spiro atoms. The van der Waals surface area contributed by atoms with E-state index in [1.807, 2.05) is 25.1 Å². The molecule has 0 saturated carbocycles. The molecular formula is C14H21NO3. The Morgan fingerprint density at radius 1 is 1.28 bits per heavy atom. The van der Waals surface area contributed by atoms with Crippen molar-refractivity contribution in [2.45, 2.75) is 25.8 Å². The second-order valence-electron chi connectivity index (χ2n) is 4.33. The first-order chi connectivity index (χ1) is 8.83. The average molecular weight is 251 g/mol. The zero-order valence-electron chi connectivity index (χ0n) is 11.1. The van der Waals surface area contributed by atoms with E-state index < -0.39 is 0 Å². The number of benzene rings is 1. The molecule has 4 heteroatoms. The van der Waals surface area contributed by atoms with Crippen LogP contribution in [0.2, 0.25) is 0 Å². The molecule has 4 nitrogen and oxygen atoms in total. The quantitative estimate of drug-likeness (QED) is 0.873. The largest absolute Gasteiger partial charge is 0.493 e. The van der Waals surface area contributed by atoms with Gasteiger partial charge in [0.2, 0.25) is 0 Å². The molecule has 0 atom stereocenters. The van der Waals surface area contributed by atoms with Crippen LogP contribution in [0.4, 0.5) is 5.69 Å². The fourth-order valence-electron chi connectivity index (χ4n) is 2.11. The van der Waals surface area contributed by atoms with Gasteiger partial charge in [0.05, 0.1) is 13.7 Å². The van der Waals surface area contributed by atoms with E-state index in [2.05, 4.69) is 5.32 Å². The van der Waals surface area contributed by atoms with E-state index in [0.717, 1.165) is 43.2 Å². The van der Waals surface area contributed by atoms with Crippen molar-refractivity contribution in [3.05, 3.63) is 18.2 Å². The predicted molar refractivity (Wildman–Crippen MR) is 71.6 cm³/mol. The van der Waals surface area contributed by atoms with Crippen LogP contribution < -0.4 is 14.8 Å². The molecule has 1 fully saturated rings. The van der Waals surface area contributed by atoms with Crippen molar-refractivity contribution >= 4 is 5.69 Å². The molecule has 0 unspecified atom stereocenters. The zero-order valence-corrected chi connectivity index (χ0v) is 11.1. The third-order valence-corrected chi connectivity index (χ3v) is 3.06. The minimum atomic E-state index is 0.487. The maximum absolute atomic E-state index is 5.50. The molecule has 1 aliphatic heterocycles. The Balaban J connectivity index is 2.04. The first-order valence-corrected chi connectivity index (χ1v) is 6.48. The van der Waals surface area contributed by atoms with Crippen LogP contribution in [0, 0.1) is 0 Å². The number of hydrogen-bond acceptors (Lipinski definition) is 4. The van der Waals surface area contributed by atoms with Crippen molar-refractivity contribution in [2.75, 3.05) is 32.2 Å². The number of methoxy groups -OCH3 is 1. The summed E-state index contributed by atoms with van der Waals surface area (Å²) in [5.74, 6) is 1.56. The van der Waals surface area contributed by atoms with Gasteiger partial charge < -0.3 is 19.5 Å². The molecule has 100 valence electrons. The second-order valence-corrected chi connectivity index (χ2v) is 4.33. The standard InChI is InChI=1S/C14H21NO3/c1-3-18-13-5-4-12(10-14(13)16-2)15-11-6-8-17-9-7-11/h4-5,10-11,15H,3,6-9H2,1-2H3. The van der Waals surface area contributed by atoms with E-state index in [9.17, 15) is 0 Å². The molecule has 0 bridgehead atoms. The van der Waals surface area contributed by atoms with E-state index in [-0.39, 0.29) is 0 Å². The van der Waals surface area contributed by atoms with Gasteiger partial charge in [0.1, 0.15) is 0 Å². The highest BCUT2D eigenvalue weighted by molar-refractivity contribution is 5.55. The van der Waals surface area contributed by atoms with Crippen LogP contribution in [-0.2, 0) is 4.74 Å². The monoisotopic (exact) mass is 251 g/mol. The second kappa shape index (κ2) is 6.50. The first-order valence-electron chi connectivity index (χ1n) is 6.48. The van der Waals surface area contributed by atoms with Gasteiger partial charge in [-0.15, -0.1) is 0 Å². The van der Waals surface area contributed by atoms with Crippen LogP contribution in [-0.4, -0.2) is 33.0 Å². The van der Waals surface area contributed by atoms with E-state index >= 15 is 0 Å². The Morgan fingerprint density at radius 2 is 2.06 bits per heavy atom. The van der Waals surface area contributed by atoms with E-state index in [4.69, 9.17) is 14.2 Å². The molecule has 0 aromatic heterocycles. The minimum absolute atomic E-state index is 0.487. The van der Waals surface area contributed by atoms with Crippen LogP contribution in [0.3, 0.4) is 0 Å². The summed E-state index contributed by atoms with van der Waals surface area (Å²) in [6.45, 7) is 4.29. The third-order valence-electron chi connectivity index (χ3n) is 3.06. The lowest BCUT2D eigenvalue weighted by atomic mass is 10.1. The summed E-state index contributed by atoms with van der Waals surface area (Å²) in [6.07, 6.45) is 2.10. The van der Waals surface area contributed by atoms with Crippen LogP contribution in [0.5, 0.6) is 11.5 Å². The van der Waals surface area contributed by atoms with Gasteiger partial charge >= 0.3 is 0 Å². The van der Waals surface area contributed by atoms with Crippen molar-refractivity contribution in [3.63, 3.8) is 0 Å². The minimum Gasteiger partial charge on any atom is -0.493 e. The van der Waals surface area contributed by atoms with Crippen molar-refractivity contribution in [1.82, 2.24) is 0 Å². The van der Waals surface area contributed by atoms with Gasteiger partial charge in [-0.3, -0.25) is 0 Å². The predicted octanol–water partition coefficient (Wildman–Crippen LogP) is 2.68. The summed E-state index contributed by atoms with van der Waals surface area (Å²) in [5.41, 5.74) is 1.07. The summed E-state index contributed by atoms with van der Waals surface area (Å²) in [7, 11) is 1.66. The summed E-state index contributed by atoms with van der Waals surface area (Å²) < 4.78 is 16.2. The average Bonchev–Trinajstić information content (AvgIpc) is 2.42. The Labute approximate surface area is 108 Å². The van der Waals surface area contributed by atoms with Crippen molar-refractivity contribution < 1.29 is 14.2 Å². The van der Waals surface area contributed by atoms with Gasteiger partial charge in [-0.1, -0.05) is 0 Å². The molecule has 1 heterocycles. The first kappa shape index (κ1) is 13.0. The topological polar surface area (TPSA) is 39.7 Å². The maximum Gasteiger partial charge on any atom is 0.162 e. The van der Waals surface area contributed by atoms with Gasteiger partial charge in [0, 0.05) is 31.0 Å². The molecule has 1 N–H and O–H groups in total. The summed E-state index contributed by atoms with van der Waals surface area (Å²) >= 11 is 0. The lowest BCUT2D eigenvalue weighted by molar-refractivity contribution is 0.0904. The SMILES string of the molecule is CCOc1ccc(NC2CCOCC2)cc1OC. The maximum atomic E-state index is 5.50. The van der Waals surface area contributed by atoms with Crippen molar-refractivity contribution in [3.8, 4) is 11.5 Å². The highest BCUT2D eigenvalue weighted by Gasteiger charge is 2.14. The zero-order chi connectivity index (χ0) is 12.8. The number of rotatable bonds is 5. The lowest BCUT2D eigenvalue weighted by Crippen LogP contribution is -2.27. The van der Waals surface area contributed by atoms with E-state index in [1.165, 1.54) is 0 Å². The van der Waals surface area contributed by atoms with Crippen LogP contribution in [0.1, 0.15) is 19.8 Å². The normalized spacial score (nSPS) is 16.3. The van der Waals surface area contributed by atoms with Crippen LogP contribution in [0.25, 0.3) is 0 Å². The van der Waals surface area contributed by atoms with Crippen molar-refractivity contribution in [2.24, 2.45) is 0 Å². The van der Waals surface area contributed by atoms with Gasteiger partial charge in [-0.25, -0.2) is 0 Å². The lowest BCUT2D eigenvalue weighted by Gasteiger charge is -2.24. The van der Waals surface area contributed by atoms with Gasteiger partial charge in [0.25, 0.3) is 0 Å². The molecule has 0 radical (unpaired) electrons. The molecule has 18 heavy (non-hydrogen) atoms. The fourth-order valence-corrected chi connectivity index (χ4v) is 2.11. The molecule has 0 aliphatic carbocycles. The highest BCUT2D eigenvalue weighted by atomic mass is 16.5. The molecule has 0 amide bonds. The van der Waals surface area contributed by atoms with Crippen LogP contribution in [0.15, 0.2) is 18.2 Å². The number of hydrogen-bond donors (Lipinski definition) is 1. The van der Waals surface area contributed by atoms with Crippen molar-refractivity contribution in [1.29, 1.82) is 0 Å². The van der Waals surface area contributed by atoms with Gasteiger partial charge in [-0.05, 0) is 31.9 Å². The molecule has 1 aliphatic rings. The summed E-state index contributed by atoms with van der Waals surface area (Å²) in [6, 6.07) is 6.45. The fraction of sp³-hybridized carbons (Fsp3) is 0.571. The Morgan fingerprint density at radius 3 is 2.72 bits per heavy atom. The number of nitrogens with one attached hydrogen (secondary N) is 1. The molecular weight excluding hydrogens is 230 g/mol. The Kier molecular flexibility index (Phi) is 4.70. The molecule has 1 saturated heterocycles. The smallest absolute Gasteiger partial charge is 0.162 e. The molecule has 1 aromatic carbocycles. The summed E-state index contributed by atoms with van der Waals surface area (Å²) in [5, 5.41) is 3.51.